The summed E-state index contributed by atoms with van der Waals surface area (Å²) in [4.78, 5) is 1.66. The van der Waals surface area contributed by atoms with Crippen LogP contribution in [0.4, 0.5) is 0 Å². The van der Waals surface area contributed by atoms with Gasteiger partial charge in [-0.3, -0.25) is 0 Å². The molecule has 2 aliphatic rings. The Morgan fingerprint density at radius 3 is 2.25 bits per heavy atom. The van der Waals surface area contributed by atoms with E-state index in [9.17, 15) is 8.42 Å². The van der Waals surface area contributed by atoms with Crippen molar-refractivity contribution >= 4 is 21.4 Å². The SMILES string of the molecule is Cc1ccsc1C1CCCCCN1S(=O)(=O)c1ccc(C2CCCCC2)cc1. The van der Waals surface area contributed by atoms with E-state index in [0.717, 1.165) is 25.7 Å². The molecule has 1 aromatic heterocycles. The molecule has 1 aliphatic carbocycles. The van der Waals surface area contributed by atoms with Crippen LogP contribution < -0.4 is 0 Å². The molecule has 28 heavy (non-hydrogen) atoms. The fraction of sp³-hybridized carbons (Fsp3) is 0.565. The van der Waals surface area contributed by atoms with Crippen molar-refractivity contribution in [2.75, 3.05) is 6.54 Å². The average molecular weight is 418 g/mol. The second kappa shape index (κ2) is 8.68. The van der Waals surface area contributed by atoms with Gasteiger partial charge in [-0.1, -0.05) is 44.2 Å². The van der Waals surface area contributed by atoms with Crippen LogP contribution in [0.2, 0.25) is 0 Å². The van der Waals surface area contributed by atoms with Gasteiger partial charge in [0.15, 0.2) is 0 Å². The van der Waals surface area contributed by atoms with Crippen molar-refractivity contribution in [1.29, 1.82) is 0 Å². The molecule has 1 aliphatic heterocycles. The minimum absolute atomic E-state index is 0.0227. The van der Waals surface area contributed by atoms with Crippen LogP contribution in [0.15, 0.2) is 40.6 Å². The maximum Gasteiger partial charge on any atom is 0.243 e. The molecule has 0 bridgehead atoms. The summed E-state index contributed by atoms with van der Waals surface area (Å²) in [5, 5.41) is 2.08. The molecule has 0 radical (unpaired) electrons. The van der Waals surface area contributed by atoms with Crippen molar-refractivity contribution in [3.05, 3.63) is 51.7 Å². The number of benzene rings is 1. The van der Waals surface area contributed by atoms with E-state index in [1.807, 2.05) is 12.1 Å². The van der Waals surface area contributed by atoms with E-state index >= 15 is 0 Å². The molecule has 1 saturated heterocycles. The van der Waals surface area contributed by atoms with E-state index in [0.29, 0.717) is 17.4 Å². The Morgan fingerprint density at radius 2 is 1.57 bits per heavy atom. The molecule has 2 fully saturated rings. The quantitative estimate of drug-likeness (QED) is 0.576. The zero-order chi connectivity index (χ0) is 19.6. The fourth-order valence-electron chi connectivity index (χ4n) is 4.84. The van der Waals surface area contributed by atoms with Gasteiger partial charge in [0.25, 0.3) is 0 Å². The van der Waals surface area contributed by atoms with Crippen molar-refractivity contribution < 1.29 is 8.42 Å². The first-order valence-corrected chi connectivity index (χ1v) is 13.0. The molecular formula is C23H31NO2S2. The first-order chi connectivity index (χ1) is 13.6. The highest BCUT2D eigenvalue weighted by atomic mass is 32.2. The van der Waals surface area contributed by atoms with E-state index < -0.39 is 10.0 Å². The minimum atomic E-state index is -3.48. The molecule has 1 saturated carbocycles. The van der Waals surface area contributed by atoms with Crippen LogP contribution in [0, 0.1) is 6.92 Å². The zero-order valence-electron chi connectivity index (χ0n) is 16.8. The normalized spacial score (nSPS) is 22.8. The summed E-state index contributed by atoms with van der Waals surface area (Å²) in [5.74, 6) is 0.602. The van der Waals surface area contributed by atoms with Gasteiger partial charge in [-0.2, -0.15) is 4.31 Å². The number of hydrogen-bond donors (Lipinski definition) is 0. The van der Waals surface area contributed by atoms with Gasteiger partial charge in [0.05, 0.1) is 10.9 Å². The number of thiophene rings is 1. The van der Waals surface area contributed by atoms with Gasteiger partial charge in [-0.15, -0.1) is 11.3 Å². The van der Waals surface area contributed by atoms with Gasteiger partial charge in [-0.05, 0) is 73.2 Å². The van der Waals surface area contributed by atoms with Gasteiger partial charge in [0, 0.05) is 11.4 Å². The number of sulfonamides is 1. The lowest BCUT2D eigenvalue weighted by atomic mass is 9.84. The lowest BCUT2D eigenvalue weighted by Gasteiger charge is -2.29. The molecule has 0 spiro atoms. The Balaban J connectivity index is 1.62. The van der Waals surface area contributed by atoms with E-state index in [1.165, 1.54) is 48.1 Å². The molecule has 0 amide bonds. The third-order valence-corrected chi connectivity index (χ3v) is 9.51. The molecule has 2 aromatic rings. The standard InChI is InChI=1S/C23H31NO2S2/c1-18-15-17-27-23(18)22-10-6-3-7-16-24(22)28(25,26)21-13-11-20(12-14-21)19-8-4-2-5-9-19/h11-15,17,19,22H,2-10,16H2,1H3. The molecular weight excluding hydrogens is 386 g/mol. The van der Waals surface area contributed by atoms with Gasteiger partial charge in [0.1, 0.15) is 0 Å². The number of nitrogens with zero attached hydrogens (tertiary/aromatic N) is 1. The summed E-state index contributed by atoms with van der Waals surface area (Å²) in [7, 11) is -3.48. The Morgan fingerprint density at radius 1 is 0.893 bits per heavy atom. The largest absolute Gasteiger partial charge is 0.243 e. The van der Waals surface area contributed by atoms with Crippen molar-refractivity contribution in [2.45, 2.75) is 81.6 Å². The lowest BCUT2D eigenvalue weighted by molar-refractivity contribution is 0.332. The van der Waals surface area contributed by atoms with Gasteiger partial charge < -0.3 is 0 Å². The van der Waals surface area contributed by atoms with E-state index in [1.54, 1.807) is 15.6 Å². The second-order valence-corrected chi connectivity index (χ2v) is 11.2. The molecule has 1 aromatic carbocycles. The average Bonchev–Trinajstić information content (AvgIpc) is 2.99. The van der Waals surface area contributed by atoms with Crippen LogP contribution in [0.25, 0.3) is 0 Å². The highest BCUT2D eigenvalue weighted by Crippen LogP contribution is 2.39. The summed E-state index contributed by atoms with van der Waals surface area (Å²) in [5.41, 5.74) is 2.52. The van der Waals surface area contributed by atoms with E-state index in [-0.39, 0.29) is 6.04 Å². The Bertz CT molecular complexity index is 880. The van der Waals surface area contributed by atoms with Crippen molar-refractivity contribution in [2.24, 2.45) is 0 Å². The van der Waals surface area contributed by atoms with Crippen molar-refractivity contribution in [3.63, 3.8) is 0 Å². The van der Waals surface area contributed by atoms with E-state index in [2.05, 4.69) is 30.5 Å². The van der Waals surface area contributed by atoms with Crippen LogP contribution >= 0.6 is 11.3 Å². The number of rotatable bonds is 4. The maximum atomic E-state index is 13.6. The van der Waals surface area contributed by atoms with Crippen molar-refractivity contribution in [3.8, 4) is 0 Å². The van der Waals surface area contributed by atoms with Crippen LogP contribution in [-0.4, -0.2) is 19.3 Å². The van der Waals surface area contributed by atoms with Gasteiger partial charge in [0.2, 0.25) is 10.0 Å². The van der Waals surface area contributed by atoms with Crippen molar-refractivity contribution in [1.82, 2.24) is 4.31 Å². The van der Waals surface area contributed by atoms with Crippen LogP contribution in [0.1, 0.15) is 85.8 Å². The highest BCUT2D eigenvalue weighted by molar-refractivity contribution is 7.89. The third-order valence-electron chi connectivity index (χ3n) is 6.47. The Hall–Kier alpha value is -1.17. The molecule has 3 nitrogen and oxygen atoms in total. The Labute approximate surface area is 173 Å². The summed E-state index contributed by atoms with van der Waals surface area (Å²) in [6.07, 6.45) is 10.4. The van der Waals surface area contributed by atoms with Crippen LogP contribution in [0.3, 0.4) is 0 Å². The predicted molar refractivity (Wildman–Crippen MR) is 116 cm³/mol. The third kappa shape index (κ3) is 4.07. The number of aryl methyl sites for hydroxylation is 1. The molecule has 4 rings (SSSR count). The topological polar surface area (TPSA) is 37.4 Å². The number of hydrogen-bond acceptors (Lipinski definition) is 3. The first-order valence-electron chi connectivity index (χ1n) is 10.7. The second-order valence-electron chi connectivity index (χ2n) is 8.35. The summed E-state index contributed by atoms with van der Waals surface area (Å²) in [6, 6.07) is 9.91. The molecule has 1 unspecified atom stereocenters. The summed E-state index contributed by atoms with van der Waals surface area (Å²) in [6.45, 7) is 2.72. The van der Waals surface area contributed by atoms with Gasteiger partial charge in [-0.25, -0.2) is 8.42 Å². The summed E-state index contributed by atoms with van der Waals surface area (Å²) >= 11 is 1.70. The Kier molecular flexibility index (Phi) is 6.24. The van der Waals surface area contributed by atoms with Gasteiger partial charge >= 0.3 is 0 Å². The van der Waals surface area contributed by atoms with Crippen LogP contribution in [0.5, 0.6) is 0 Å². The van der Waals surface area contributed by atoms with E-state index in [4.69, 9.17) is 0 Å². The highest BCUT2D eigenvalue weighted by Gasteiger charge is 2.34. The monoisotopic (exact) mass is 417 g/mol. The summed E-state index contributed by atoms with van der Waals surface area (Å²) < 4.78 is 28.9. The molecule has 5 heteroatoms. The predicted octanol–water partition coefficient (Wildman–Crippen LogP) is 6.41. The zero-order valence-corrected chi connectivity index (χ0v) is 18.4. The molecule has 0 N–H and O–H groups in total. The first kappa shape index (κ1) is 20.1. The molecule has 152 valence electrons. The minimum Gasteiger partial charge on any atom is -0.207 e. The molecule has 1 atom stereocenters. The lowest BCUT2D eigenvalue weighted by Crippen LogP contribution is -2.34. The fourth-order valence-corrected chi connectivity index (χ4v) is 7.65. The maximum absolute atomic E-state index is 13.6. The van der Waals surface area contributed by atoms with Crippen LogP contribution in [-0.2, 0) is 10.0 Å². The molecule has 2 heterocycles. The smallest absolute Gasteiger partial charge is 0.207 e.